The number of nitrogen functional groups attached to an aromatic ring is 1. The largest absolute Gasteiger partial charge is 0.437 e. The van der Waals surface area contributed by atoms with Gasteiger partial charge < -0.3 is 10.2 Å². The van der Waals surface area contributed by atoms with Gasteiger partial charge in [-0.2, -0.15) is 0 Å². The van der Waals surface area contributed by atoms with E-state index in [-0.39, 0.29) is 11.4 Å². The highest BCUT2D eigenvalue weighted by Gasteiger charge is 2.12. The minimum absolute atomic E-state index is 0.123. The minimum Gasteiger partial charge on any atom is -0.437 e. The number of rotatable bonds is 4. The first kappa shape index (κ1) is 13.6. The molecule has 0 aliphatic rings. The van der Waals surface area contributed by atoms with Gasteiger partial charge in [0.2, 0.25) is 0 Å². The molecule has 4 nitrogen and oxygen atoms in total. The van der Waals surface area contributed by atoms with Crippen LogP contribution >= 0.6 is 11.8 Å². The molecule has 0 bridgehead atoms. The zero-order chi connectivity index (χ0) is 14.0. The molecular formula is C13H14FN3OS. The van der Waals surface area contributed by atoms with Gasteiger partial charge in [0.1, 0.15) is 17.4 Å². The number of nitrogens with one attached hydrogen (secondary N) is 1. The Bertz CT molecular complexity index is 605. The van der Waals surface area contributed by atoms with Gasteiger partial charge in [0.15, 0.2) is 0 Å². The third kappa shape index (κ3) is 2.96. The topological polar surface area (TPSA) is 75.9 Å². The van der Waals surface area contributed by atoms with Crippen LogP contribution in [0.3, 0.4) is 0 Å². The van der Waals surface area contributed by atoms with Crippen LogP contribution in [0.5, 0.6) is 0 Å². The average molecular weight is 279 g/mol. The van der Waals surface area contributed by atoms with Gasteiger partial charge in [-0.15, -0.1) is 0 Å². The van der Waals surface area contributed by atoms with Crippen molar-refractivity contribution < 1.29 is 8.81 Å². The summed E-state index contributed by atoms with van der Waals surface area (Å²) in [5.41, 5.74) is 6.75. The molecule has 0 atom stereocenters. The molecule has 0 radical (unpaired) electrons. The van der Waals surface area contributed by atoms with Gasteiger partial charge in [-0.1, -0.05) is 23.9 Å². The Labute approximate surface area is 114 Å². The number of aryl methyl sites for hydroxylation is 2. The van der Waals surface area contributed by atoms with Gasteiger partial charge in [-0.05, 0) is 25.5 Å². The minimum atomic E-state index is -0.456. The average Bonchev–Trinajstić information content (AvgIpc) is 2.67. The van der Waals surface area contributed by atoms with Crippen molar-refractivity contribution in [1.29, 1.82) is 5.41 Å². The van der Waals surface area contributed by atoms with Crippen molar-refractivity contribution in [3.63, 3.8) is 0 Å². The number of thioether (sulfide) groups is 1. The van der Waals surface area contributed by atoms with E-state index in [1.165, 1.54) is 17.8 Å². The number of aromatic nitrogens is 1. The fourth-order valence-electron chi connectivity index (χ4n) is 1.54. The second-order valence-electron chi connectivity index (χ2n) is 4.10. The maximum atomic E-state index is 14.0. The molecule has 0 spiro atoms. The van der Waals surface area contributed by atoms with Crippen molar-refractivity contribution >= 4 is 17.6 Å². The molecule has 0 fully saturated rings. The highest BCUT2D eigenvalue weighted by molar-refractivity contribution is 7.98. The van der Waals surface area contributed by atoms with Crippen molar-refractivity contribution in [3.05, 3.63) is 46.6 Å². The lowest BCUT2D eigenvalue weighted by molar-refractivity contribution is 0.431. The van der Waals surface area contributed by atoms with Crippen LogP contribution in [-0.4, -0.2) is 10.8 Å². The molecule has 0 aliphatic heterocycles. The van der Waals surface area contributed by atoms with E-state index in [4.69, 9.17) is 15.6 Å². The number of nitrogens with two attached hydrogens (primary N) is 1. The van der Waals surface area contributed by atoms with Crippen LogP contribution in [-0.2, 0) is 5.75 Å². The molecule has 1 aromatic carbocycles. The molecule has 0 saturated carbocycles. The Morgan fingerprint density at radius 3 is 2.79 bits per heavy atom. The summed E-state index contributed by atoms with van der Waals surface area (Å²) in [6, 6.07) is 4.84. The Kier molecular flexibility index (Phi) is 3.90. The van der Waals surface area contributed by atoms with E-state index in [1.54, 1.807) is 12.1 Å². The smallest absolute Gasteiger partial charge is 0.256 e. The monoisotopic (exact) mass is 279 g/mol. The Balaban J connectivity index is 2.16. The van der Waals surface area contributed by atoms with Crippen LogP contribution in [0.15, 0.2) is 27.8 Å². The zero-order valence-corrected chi connectivity index (χ0v) is 11.5. The van der Waals surface area contributed by atoms with Crippen molar-refractivity contribution in [3.8, 4) is 0 Å². The fraction of sp³-hybridized carbons (Fsp3) is 0.231. The van der Waals surface area contributed by atoms with Crippen molar-refractivity contribution in [2.45, 2.75) is 24.8 Å². The summed E-state index contributed by atoms with van der Waals surface area (Å²) < 4.78 is 19.4. The highest BCUT2D eigenvalue weighted by atomic mass is 32.2. The Morgan fingerprint density at radius 1 is 1.47 bits per heavy atom. The van der Waals surface area contributed by atoms with E-state index >= 15 is 0 Å². The third-order valence-corrected chi connectivity index (χ3v) is 3.61. The molecule has 2 rings (SSSR count). The molecule has 0 unspecified atom stereocenters. The summed E-state index contributed by atoms with van der Waals surface area (Å²) in [5.74, 6) is 0.418. The number of nitrogens with zero attached hydrogens (tertiary/aromatic N) is 1. The van der Waals surface area contributed by atoms with Crippen molar-refractivity contribution in [2.75, 3.05) is 0 Å². The summed E-state index contributed by atoms with van der Waals surface area (Å²) in [6.07, 6.45) is 0. The SMILES string of the molecule is Cc1nc(SCc2cccc(C(=N)N)c2F)oc1C. The molecule has 1 aromatic heterocycles. The van der Waals surface area contributed by atoms with Crippen LogP contribution in [0, 0.1) is 25.1 Å². The van der Waals surface area contributed by atoms with Crippen LogP contribution in [0.2, 0.25) is 0 Å². The van der Waals surface area contributed by atoms with Crippen LogP contribution in [0.1, 0.15) is 22.6 Å². The molecule has 0 aliphatic carbocycles. The molecule has 0 saturated heterocycles. The number of hydrogen-bond acceptors (Lipinski definition) is 4. The van der Waals surface area contributed by atoms with Gasteiger partial charge in [0.25, 0.3) is 5.22 Å². The summed E-state index contributed by atoms with van der Waals surface area (Å²) in [6.45, 7) is 3.70. The van der Waals surface area contributed by atoms with Gasteiger partial charge in [0, 0.05) is 5.75 Å². The van der Waals surface area contributed by atoms with E-state index in [0.29, 0.717) is 16.5 Å². The Morgan fingerprint density at radius 2 is 2.21 bits per heavy atom. The standard InChI is InChI=1S/C13H14FN3OS/c1-7-8(2)18-13(17-7)19-6-9-4-3-5-10(11(9)14)12(15)16/h3-5H,6H2,1-2H3,(H3,15,16). The van der Waals surface area contributed by atoms with Crippen LogP contribution < -0.4 is 5.73 Å². The number of halogens is 1. The second-order valence-corrected chi connectivity index (χ2v) is 5.03. The fourth-order valence-corrected chi connectivity index (χ4v) is 2.43. The number of hydrogen-bond donors (Lipinski definition) is 2. The quantitative estimate of drug-likeness (QED) is 0.512. The lowest BCUT2D eigenvalue weighted by Crippen LogP contribution is -2.14. The van der Waals surface area contributed by atoms with Gasteiger partial charge in [-0.3, -0.25) is 5.41 Å². The first-order chi connectivity index (χ1) is 8.99. The highest BCUT2D eigenvalue weighted by Crippen LogP contribution is 2.26. The van der Waals surface area contributed by atoms with E-state index in [9.17, 15) is 4.39 Å². The van der Waals surface area contributed by atoms with Crippen LogP contribution in [0.25, 0.3) is 0 Å². The molecule has 6 heteroatoms. The molecule has 3 N–H and O–H groups in total. The summed E-state index contributed by atoms with van der Waals surface area (Å²) >= 11 is 1.31. The van der Waals surface area contributed by atoms with Crippen molar-refractivity contribution in [2.24, 2.45) is 5.73 Å². The molecular weight excluding hydrogens is 265 g/mol. The lowest BCUT2D eigenvalue weighted by atomic mass is 10.1. The first-order valence-corrected chi connectivity index (χ1v) is 6.66. The number of amidine groups is 1. The van der Waals surface area contributed by atoms with E-state index in [2.05, 4.69) is 4.98 Å². The van der Waals surface area contributed by atoms with E-state index in [1.807, 2.05) is 13.8 Å². The van der Waals surface area contributed by atoms with Crippen molar-refractivity contribution in [1.82, 2.24) is 4.98 Å². The summed E-state index contributed by atoms with van der Waals surface area (Å²) in [7, 11) is 0. The predicted molar refractivity (Wildman–Crippen MR) is 73.0 cm³/mol. The third-order valence-electron chi connectivity index (χ3n) is 2.73. The molecule has 0 amide bonds. The van der Waals surface area contributed by atoms with Crippen LogP contribution in [0.4, 0.5) is 4.39 Å². The second kappa shape index (κ2) is 5.44. The molecule has 19 heavy (non-hydrogen) atoms. The first-order valence-electron chi connectivity index (χ1n) is 5.67. The maximum absolute atomic E-state index is 14.0. The Hall–Kier alpha value is -1.82. The van der Waals surface area contributed by atoms with Gasteiger partial charge in [0.05, 0.1) is 11.3 Å². The maximum Gasteiger partial charge on any atom is 0.256 e. The zero-order valence-electron chi connectivity index (χ0n) is 10.7. The van der Waals surface area contributed by atoms with Gasteiger partial charge in [-0.25, -0.2) is 9.37 Å². The lowest BCUT2D eigenvalue weighted by Gasteiger charge is -2.05. The summed E-state index contributed by atoms with van der Waals surface area (Å²) in [4.78, 5) is 4.22. The van der Waals surface area contributed by atoms with Gasteiger partial charge >= 0.3 is 0 Å². The molecule has 1 heterocycles. The number of oxazole rings is 1. The van der Waals surface area contributed by atoms with E-state index in [0.717, 1.165) is 11.5 Å². The normalized spacial score (nSPS) is 10.7. The predicted octanol–water partition coefficient (Wildman–Crippen LogP) is 3.01. The van der Waals surface area contributed by atoms with E-state index < -0.39 is 5.82 Å². The summed E-state index contributed by atoms with van der Waals surface area (Å²) in [5, 5.41) is 7.82. The molecule has 2 aromatic rings. The molecule has 100 valence electrons. The number of benzene rings is 1.